The van der Waals surface area contributed by atoms with E-state index in [0.29, 0.717) is 11.0 Å². The third-order valence-electron chi connectivity index (χ3n) is 9.66. The number of fused-ring (bicyclic) bond motifs is 5. The highest BCUT2D eigenvalue weighted by molar-refractivity contribution is 5.86. The molecule has 3 aliphatic carbocycles. The smallest absolute Gasteiger partial charge is 0.161 e. The van der Waals surface area contributed by atoms with E-state index in [1.54, 1.807) is 0 Å². The van der Waals surface area contributed by atoms with Gasteiger partial charge in [0.15, 0.2) is 5.65 Å². The molecule has 8 nitrogen and oxygen atoms in total. The molecule has 1 saturated heterocycles. The van der Waals surface area contributed by atoms with Gasteiger partial charge in [0.25, 0.3) is 0 Å². The van der Waals surface area contributed by atoms with Gasteiger partial charge in [-0.15, -0.1) is 0 Å². The summed E-state index contributed by atoms with van der Waals surface area (Å²) in [4.78, 5) is 14.5. The monoisotopic (exact) mass is 460 g/mol. The van der Waals surface area contributed by atoms with Crippen molar-refractivity contribution in [2.75, 3.05) is 24.5 Å². The van der Waals surface area contributed by atoms with Crippen molar-refractivity contribution in [3.63, 3.8) is 0 Å². The van der Waals surface area contributed by atoms with Gasteiger partial charge >= 0.3 is 0 Å². The highest BCUT2D eigenvalue weighted by atomic mass is 15.3. The lowest BCUT2D eigenvalue weighted by Crippen LogP contribution is -2.56. The first-order chi connectivity index (χ1) is 16.5. The Bertz CT molecular complexity index is 1210. The highest BCUT2D eigenvalue weighted by Gasteiger charge is 2.51. The van der Waals surface area contributed by atoms with E-state index in [-0.39, 0.29) is 0 Å². The molecule has 2 bridgehead atoms. The third kappa shape index (κ3) is 3.13. The van der Waals surface area contributed by atoms with E-state index in [1.165, 1.54) is 81.4 Å². The van der Waals surface area contributed by atoms with E-state index in [1.807, 2.05) is 13.1 Å². The number of aromatic nitrogens is 6. The quantitative estimate of drug-likeness (QED) is 0.636. The van der Waals surface area contributed by atoms with Crippen LogP contribution in [0.3, 0.4) is 0 Å². The third-order valence-corrected chi connectivity index (χ3v) is 9.66. The Kier molecular flexibility index (Phi) is 4.61. The van der Waals surface area contributed by atoms with Crippen molar-refractivity contribution in [3.05, 3.63) is 29.0 Å². The molecule has 8 rings (SSSR count). The Morgan fingerprint density at radius 1 is 0.971 bits per heavy atom. The standard InChI is InChI=1S/C26H36N8/c1-18-21-16-32(24-20-15-27-30-23(20)28-19(2)29-24)14-5-22(21)34(31-18)17-25-6-9-26(10-7-25,11-8-25)33-12-3-4-13-33/h15H,3-14,16-17H2,1-2H3,(H,27,28,29,30). The Morgan fingerprint density at radius 3 is 2.50 bits per heavy atom. The van der Waals surface area contributed by atoms with Gasteiger partial charge in [-0.2, -0.15) is 10.2 Å². The largest absolute Gasteiger partial charge is 0.351 e. The van der Waals surface area contributed by atoms with Gasteiger partial charge in [0.1, 0.15) is 11.6 Å². The van der Waals surface area contributed by atoms with Gasteiger partial charge in [-0.05, 0) is 83.7 Å². The fourth-order valence-corrected chi connectivity index (χ4v) is 7.61. The molecule has 0 atom stereocenters. The fraction of sp³-hybridized carbons (Fsp3) is 0.692. The molecular formula is C26H36N8. The number of anilines is 1. The second-order valence-electron chi connectivity index (χ2n) is 11.5. The van der Waals surface area contributed by atoms with E-state index < -0.39 is 0 Å². The molecule has 180 valence electrons. The molecule has 0 unspecified atom stereocenters. The minimum atomic E-state index is 0.456. The first-order valence-corrected chi connectivity index (χ1v) is 13.3. The van der Waals surface area contributed by atoms with Crippen LogP contribution in [0.1, 0.15) is 74.1 Å². The lowest BCUT2D eigenvalue weighted by Gasteiger charge is -2.57. The van der Waals surface area contributed by atoms with Crippen LogP contribution < -0.4 is 4.90 Å². The summed E-state index contributed by atoms with van der Waals surface area (Å²) >= 11 is 0. The van der Waals surface area contributed by atoms with Gasteiger partial charge in [-0.3, -0.25) is 14.7 Å². The minimum Gasteiger partial charge on any atom is -0.351 e. The maximum Gasteiger partial charge on any atom is 0.161 e. The molecule has 0 radical (unpaired) electrons. The summed E-state index contributed by atoms with van der Waals surface area (Å²) in [5.74, 6) is 1.77. The van der Waals surface area contributed by atoms with Gasteiger partial charge in [0.2, 0.25) is 0 Å². The zero-order valence-electron chi connectivity index (χ0n) is 20.6. The summed E-state index contributed by atoms with van der Waals surface area (Å²) in [6.45, 7) is 9.75. The zero-order chi connectivity index (χ0) is 22.9. The Labute approximate surface area is 201 Å². The number of nitrogens with one attached hydrogen (secondary N) is 1. The molecule has 0 aromatic carbocycles. The lowest BCUT2D eigenvalue weighted by molar-refractivity contribution is -0.0534. The number of hydrogen-bond donors (Lipinski definition) is 1. The van der Waals surface area contributed by atoms with Crippen molar-refractivity contribution in [2.24, 2.45) is 5.41 Å². The molecule has 2 aliphatic heterocycles. The van der Waals surface area contributed by atoms with Gasteiger partial charge in [-0.25, -0.2) is 9.97 Å². The number of aromatic amines is 1. The molecule has 0 amide bonds. The molecule has 5 aliphatic rings. The Balaban J connectivity index is 1.12. The van der Waals surface area contributed by atoms with Gasteiger partial charge in [-0.1, -0.05) is 0 Å². The molecular weight excluding hydrogens is 424 g/mol. The first kappa shape index (κ1) is 20.9. The Morgan fingerprint density at radius 2 is 1.74 bits per heavy atom. The maximum absolute atomic E-state index is 5.12. The van der Waals surface area contributed by atoms with Crippen molar-refractivity contribution in [1.82, 2.24) is 34.8 Å². The SMILES string of the molecule is Cc1nc(N2CCc3c(c(C)nn3CC34CCC(N5CCCC5)(CC3)CC4)C2)c2cn[nH]c2n1. The molecule has 3 aromatic rings. The van der Waals surface area contributed by atoms with Crippen LogP contribution >= 0.6 is 0 Å². The number of H-pyrrole nitrogens is 1. The summed E-state index contributed by atoms with van der Waals surface area (Å²) in [5, 5.41) is 13.3. The first-order valence-electron chi connectivity index (χ1n) is 13.3. The normalized spacial score (nSPS) is 29.3. The molecule has 4 fully saturated rings. The van der Waals surface area contributed by atoms with E-state index in [4.69, 9.17) is 10.1 Å². The summed E-state index contributed by atoms with van der Waals surface area (Å²) in [7, 11) is 0. The second-order valence-corrected chi connectivity index (χ2v) is 11.5. The van der Waals surface area contributed by atoms with E-state index >= 15 is 0 Å². The maximum atomic E-state index is 5.12. The minimum absolute atomic E-state index is 0.456. The molecule has 0 spiro atoms. The predicted octanol–water partition coefficient (Wildman–Crippen LogP) is 3.92. The summed E-state index contributed by atoms with van der Waals surface area (Å²) in [6, 6.07) is 0. The van der Waals surface area contributed by atoms with Crippen LogP contribution in [-0.2, 0) is 19.5 Å². The number of nitrogens with zero attached hydrogens (tertiary/aromatic N) is 7. The van der Waals surface area contributed by atoms with E-state index in [9.17, 15) is 0 Å². The lowest BCUT2D eigenvalue weighted by atomic mass is 9.56. The van der Waals surface area contributed by atoms with Crippen LogP contribution in [0.5, 0.6) is 0 Å². The van der Waals surface area contributed by atoms with Crippen molar-refractivity contribution in [3.8, 4) is 0 Å². The summed E-state index contributed by atoms with van der Waals surface area (Å²) in [6.07, 6.45) is 14.0. The van der Waals surface area contributed by atoms with Crippen LogP contribution in [0.4, 0.5) is 5.82 Å². The van der Waals surface area contributed by atoms with Crippen LogP contribution in [-0.4, -0.2) is 60.0 Å². The van der Waals surface area contributed by atoms with Gasteiger partial charge < -0.3 is 4.90 Å². The summed E-state index contributed by atoms with van der Waals surface area (Å²) < 4.78 is 2.41. The molecule has 5 heterocycles. The van der Waals surface area contributed by atoms with Gasteiger partial charge in [0, 0.05) is 42.9 Å². The molecule has 34 heavy (non-hydrogen) atoms. The molecule has 3 aromatic heterocycles. The van der Waals surface area contributed by atoms with Crippen molar-refractivity contribution < 1.29 is 0 Å². The number of hydrogen-bond acceptors (Lipinski definition) is 6. The average molecular weight is 461 g/mol. The highest BCUT2D eigenvalue weighted by Crippen LogP contribution is 2.56. The average Bonchev–Trinajstić information content (AvgIpc) is 3.61. The van der Waals surface area contributed by atoms with E-state index in [2.05, 4.69) is 36.6 Å². The molecule has 1 N–H and O–H groups in total. The fourth-order valence-electron chi connectivity index (χ4n) is 7.61. The predicted molar refractivity (Wildman–Crippen MR) is 132 cm³/mol. The van der Waals surface area contributed by atoms with Crippen molar-refractivity contribution in [1.29, 1.82) is 0 Å². The van der Waals surface area contributed by atoms with Crippen LogP contribution in [0.2, 0.25) is 0 Å². The van der Waals surface area contributed by atoms with Crippen LogP contribution in [0.25, 0.3) is 11.0 Å². The zero-order valence-corrected chi connectivity index (χ0v) is 20.6. The van der Waals surface area contributed by atoms with Crippen molar-refractivity contribution in [2.45, 2.75) is 90.3 Å². The van der Waals surface area contributed by atoms with Crippen LogP contribution in [0, 0.1) is 19.3 Å². The molecule has 8 heteroatoms. The van der Waals surface area contributed by atoms with Crippen LogP contribution in [0.15, 0.2) is 6.20 Å². The number of aryl methyl sites for hydroxylation is 2. The molecule has 3 saturated carbocycles. The van der Waals surface area contributed by atoms with E-state index in [0.717, 1.165) is 48.7 Å². The topological polar surface area (TPSA) is 78.8 Å². The summed E-state index contributed by atoms with van der Waals surface area (Å²) in [5.41, 5.74) is 5.85. The van der Waals surface area contributed by atoms with Gasteiger partial charge in [0.05, 0.1) is 17.3 Å². The Hall–Kier alpha value is -2.48. The second kappa shape index (κ2) is 7.51. The van der Waals surface area contributed by atoms with Crippen molar-refractivity contribution >= 4 is 16.9 Å². The number of rotatable bonds is 4. The number of likely N-dealkylation sites (tertiary alicyclic amines) is 1.